The van der Waals surface area contributed by atoms with E-state index in [1.165, 1.54) is 11.3 Å². The number of nitrogens with one attached hydrogen (secondary N) is 1. The van der Waals surface area contributed by atoms with Crippen molar-refractivity contribution in [3.05, 3.63) is 58.0 Å². The first-order valence-corrected chi connectivity index (χ1v) is 9.84. The van der Waals surface area contributed by atoms with Gasteiger partial charge in [0.25, 0.3) is 0 Å². The third-order valence-electron chi connectivity index (χ3n) is 5.18. The van der Waals surface area contributed by atoms with Crippen molar-refractivity contribution in [1.82, 2.24) is 20.1 Å². The van der Waals surface area contributed by atoms with Crippen LogP contribution in [-0.4, -0.2) is 31.7 Å². The smallest absolute Gasteiger partial charge is 0.304 e. The minimum atomic E-state index is -0.962. The lowest BCUT2D eigenvalue weighted by atomic mass is 9.80. The highest BCUT2D eigenvalue weighted by atomic mass is 32.1. The number of aryl methyl sites for hydroxylation is 1. The highest BCUT2D eigenvalue weighted by Crippen LogP contribution is 2.40. The molecule has 2 heterocycles. The molecule has 1 amide bonds. The average Bonchev–Trinajstić information content (AvgIpc) is 3.36. The second-order valence-electron chi connectivity index (χ2n) is 7.12. The van der Waals surface area contributed by atoms with Crippen LogP contribution < -0.4 is 5.32 Å². The zero-order valence-corrected chi connectivity index (χ0v) is 16.2. The van der Waals surface area contributed by atoms with Crippen LogP contribution in [0.5, 0.6) is 0 Å². The number of fused-ring (bicyclic) bond motifs is 1. The number of nitrogens with zero attached hydrogens (tertiary/aromatic N) is 3. The largest absolute Gasteiger partial charge is 0.481 e. The minimum Gasteiger partial charge on any atom is -0.481 e. The molecular formula is C20H20N4O3S. The van der Waals surface area contributed by atoms with E-state index in [0.29, 0.717) is 12.8 Å². The van der Waals surface area contributed by atoms with Gasteiger partial charge in [-0.2, -0.15) is 5.10 Å². The maximum absolute atomic E-state index is 13.0. The Bertz CT molecular complexity index is 1010. The molecule has 28 heavy (non-hydrogen) atoms. The van der Waals surface area contributed by atoms with E-state index in [2.05, 4.69) is 15.4 Å². The van der Waals surface area contributed by atoms with E-state index < -0.39 is 11.4 Å². The monoisotopic (exact) mass is 396 g/mol. The second kappa shape index (κ2) is 7.20. The number of aromatic nitrogens is 3. The molecule has 7 nitrogen and oxygen atoms in total. The number of benzene rings is 1. The third kappa shape index (κ3) is 3.43. The number of thiazole rings is 1. The van der Waals surface area contributed by atoms with E-state index in [1.54, 1.807) is 10.9 Å². The van der Waals surface area contributed by atoms with Gasteiger partial charge in [-0.05, 0) is 30.0 Å². The number of hydrogen-bond donors (Lipinski definition) is 2. The van der Waals surface area contributed by atoms with E-state index in [-0.39, 0.29) is 18.9 Å². The van der Waals surface area contributed by atoms with Crippen LogP contribution in [0.1, 0.15) is 22.6 Å². The topological polar surface area (TPSA) is 97.1 Å². The number of aliphatic carboxylic acids is 1. The number of rotatable bonds is 6. The molecule has 3 aromatic rings. The van der Waals surface area contributed by atoms with Gasteiger partial charge in [0.2, 0.25) is 5.91 Å². The molecule has 4 rings (SSSR count). The fraction of sp³-hybridized carbons (Fsp3) is 0.300. The van der Waals surface area contributed by atoms with Crippen LogP contribution in [0.15, 0.2) is 41.9 Å². The first-order valence-electron chi connectivity index (χ1n) is 8.96. The van der Waals surface area contributed by atoms with Crippen molar-refractivity contribution in [2.45, 2.75) is 25.8 Å². The van der Waals surface area contributed by atoms with Crippen LogP contribution in [0, 0.1) is 5.41 Å². The van der Waals surface area contributed by atoms with Gasteiger partial charge in [0, 0.05) is 18.6 Å². The predicted octanol–water partition coefficient (Wildman–Crippen LogP) is 2.42. The van der Waals surface area contributed by atoms with Gasteiger partial charge < -0.3 is 10.4 Å². The summed E-state index contributed by atoms with van der Waals surface area (Å²) >= 11 is 1.46. The maximum Gasteiger partial charge on any atom is 0.304 e. The molecule has 1 aliphatic carbocycles. The molecule has 0 aliphatic heterocycles. The van der Waals surface area contributed by atoms with Crippen LogP contribution in [0.2, 0.25) is 0 Å². The van der Waals surface area contributed by atoms with Crippen molar-refractivity contribution in [3.63, 3.8) is 0 Å². The molecule has 0 atom stereocenters. The molecule has 0 saturated carbocycles. The summed E-state index contributed by atoms with van der Waals surface area (Å²) in [7, 11) is 1.85. The number of carbonyl (C=O) groups excluding carboxylic acids is 1. The molecule has 8 heteroatoms. The number of carboxylic acids is 1. The van der Waals surface area contributed by atoms with Crippen molar-refractivity contribution >= 4 is 23.2 Å². The summed E-state index contributed by atoms with van der Waals surface area (Å²) < 4.78 is 1.75. The SMILES string of the molecule is Cn1nccc1-c1csc(CNC(=O)C2(CC(=O)O)Cc3ccccc3C2)n1. The number of carboxylic acid groups (broad SMARTS) is 1. The lowest BCUT2D eigenvalue weighted by Gasteiger charge is -2.25. The van der Waals surface area contributed by atoms with Gasteiger partial charge in [0.1, 0.15) is 5.01 Å². The summed E-state index contributed by atoms with van der Waals surface area (Å²) in [5.74, 6) is -1.20. The Morgan fingerprint density at radius 3 is 2.57 bits per heavy atom. The Hall–Kier alpha value is -3.00. The summed E-state index contributed by atoms with van der Waals surface area (Å²) in [4.78, 5) is 29.0. The van der Waals surface area contributed by atoms with Gasteiger partial charge in [-0.15, -0.1) is 11.3 Å². The highest BCUT2D eigenvalue weighted by Gasteiger charge is 2.45. The fourth-order valence-corrected chi connectivity index (χ4v) is 4.56. The molecule has 2 aromatic heterocycles. The zero-order chi connectivity index (χ0) is 19.7. The normalized spacial score (nSPS) is 14.6. The van der Waals surface area contributed by atoms with Crippen LogP contribution >= 0.6 is 11.3 Å². The first-order chi connectivity index (χ1) is 13.5. The maximum atomic E-state index is 13.0. The van der Waals surface area contributed by atoms with E-state index in [4.69, 9.17) is 0 Å². The van der Waals surface area contributed by atoms with Gasteiger partial charge >= 0.3 is 5.97 Å². The van der Waals surface area contributed by atoms with E-state index in [9.17, 15) is 14.7 Å². The Morgan fingerprint density at radius 2 is 1.96 bits per heavy atom. The standard InChI is InChI=1S/C20H20N4O3S/c1-24-16(6-7-22-24)15-12-28-17(23-15)11-21-19(27)20(10-18(25)26)8-13-4-2-3-5-14(13)9-20/h2-7,12H,8-11H2,1H3,(H,21,27)(H,25,26). The molecule has 144 valence electrons. The van der Waals surface area contributed by atoms with Crippen LogP contribution in [0.4, 0.5) is 0 Å². The molecule has 1 aliphatic rings. The van der Waals surface area contributed by atoms with Crippen LogP contribution in [0.25, 0.3) is 11.4 Å². The van der Waals surface area contributed by atoms with Crippen molar-refractivity contribution in [2.75, 3.05) is 0 Å². The molecule has 0 bridgehead atoms. The van der Waals surface area contributed by atoms with Crippen LogP contribution in [0.3, 0.4) is 0 Å². The van der Waals surface area contributed by atoms with Gasteiger partial charge in [0.05, 0.1) is 29.8 Å². The lowest BCUT2D eigenvalue weighted by molar-refractivity contribution is -0.145. The highest BCUT2D eigenvalue weighted by molar-refractivity contribution is 7.09. The average molecular weight is 396 g/mol. The Balaban J connectivity index is 1.48. The van der Waals surface area contributed by atoms with Crippen molar-refractivity contribution in [3.8, 4) is 11.4 Å². The van der Waals surface area contributed by atoms with Gasteiger partial charge in [0.15, 0.2) is 0 Å². The van der Waals surface area contributed by atoms with Crippen molar-refractivity contribution < 1.29 is 14.7 Å². The molecular weight excluding hydrogens is 376 g/mol. The summed E-state index contributed by atoms with van der Waals surface area (Å²) in [6.45, 7) is 0.277. The van der Waals surface area contributed by atoms with Crippen LogP contribution in [-0.2, 0) is 36.0 Å². The molecule has 2 N–H and O–H groups in total. The Kier molecular flexibility index (Phi) is 4.72. The molecule has 0 unspecified atom stereocenters. The predicted molar refractivity (Wildman–Crippen MR) is 105 cm³/mol. The molecule has 0 spiro atoms. The summed E-state index contributed by atoms with van der Waals surface area (Å²) in [6.07, 6.45) is 2.41. The van der Waals surface area contributed by atoms with Crippen molar-refractivity contribution in [1.29, 1.82) is 0 Å². The molecule has 1 aromatic carbocycles. The van der Waals surface area contributed by atoms with Gasteiger partial charge in [-0.3, -0.25) is 14.3 Å². The van der Waals surface area contributed by atoms with E-state index in [1.807, 2.05) is 42.8 Å². The quantitative estimate of drug-likeness (QED) is 0.667. The molecule has 0 saturated heterocycles. The number of hydrogen-bond acceptors (Lipinski definition) is 5. The molecule has 0 fully saturated rings. The van der Waals surface area contributed by atoms with E-state index in [0.717, 1.165) is 27.5 Å². The first kappa shape index (κ1) is 18.4. The molecule has 0 radical (unpaired) electrons. The Labute approximate surface area is 166 Å². The number of amides is 1. The minimum absolute atomic E-state index is 0.189. The van der Waals surface area contributed by atoms with E-state index >= 15 is 0 Å². The Morgan fingerprint density at radius 1 is 1.25 bits per heavy atom. The second-order valence-corrected chi connectivity index (χ2v) is 8.06. The zero-order valence-electron chi connectivity index (χ0n) is 15.4. The third-order valence-corrected chi connectivity index (χ3v) is 6.03. The van der Waals surface area contributed by atoms with Gasteiger partial charge in [-0.1, -0.05) is 24.3 Å². The number of carbonyl (C=O) groups is 2. The summed E-state index contributed by atoms with van der Waals surface area (Å²) in [6, 6.07) is 9.65. The van der Waals surface area contributed by atoms with Crippen molar-refractivity contribution in [2.24, 2.45) is 12.5 Å². The summed E-state index contributed by atoms with van der Waals surface area (Å²) in [5, 5.41) is 19.1. The summed E-state index contributed by atoms with van der Waals surface area (Å²) in [5.41, 5.74) is 2.86. The van der Waals surface area contributed by atoms with Gasteiger partial charge in [-0.25, -0.2) is 4.98 Å². The lowest BCUT2D eigenvalue weighted by Crippen LogP contribution is -2.43. The fourth-order valence-electron chi connectivity index (χ4n) is 3.83.